The van der Waals surface area contributed by atoms with E-state index in [0.717, 1.165) is 23.8 Å². The van der Waals surface area contributed by atoms with Gasteiger partial charge in [-0.2, -0.15) is 0 Å². The smallest absolute Gasteiger partial charge is 0.134 e. The van der Waals surface area contributed by atoms with E-state index in [0.29, 0.717) is 50.7 Å². The van der Waals surface area contributed by atoms with Gasteiger partial charge in [-0.05, 0) is 24.0 Å². The first-order valence-corrected chi connectivity index (χ1v) is 9.85. The Bertz CT molecular complexity index is 610. The molecule has 2 aliphatic rings. The fourth-order valence-corrected chi connectivity index (χ4v) is 3.29. The summed E-state index contributed by atoms with van der Waals surface area (Å²) < 4.78 is 21.9. The first-order chi connectivity index (χ1) is 13.7. The molecule has 28 heavy (non-hydrogen) atoms. The second-order valence-electron chi connectivity index (χ2n) is 6.75. The summed E-state index contributed by atoms with van der Waals surface area (Å²) in [4.78, 5) is 0. The Hall–Kier alpha value is -2.18. The third-order valence-electron chi connectivity index (χ3n) is 4.92. The number of hydrogen-bond acceptors (Lipinski definition) is 6. The van der Waals surface area contributed by atoms with Gasteiger partial charge in [0.25, 0.3) is 0 Å². The van der Waals surface area contributed by atoms with E-state index in [1.165, 1.54) is 0 Å². The van der Waals surface area contributed by atoms with Crippen molar-refractivity contribution in [2.45, 2.75) is 6.92 Å². The van der Waals surface area contributed by atoms with Gasteiger partial charge < -0.3 is 29.6 Å². The highest BCUT2D eigenvalue weighted by molar-refractivity contribution is 5.35. The van der Waals surface area contributed by atoms with Crippen molar-refractivity contribution in [3.63, 3.8) is 0 Å². The molecule has 3 atom stereocenters. The van der Waals surface area contributed by atoms with E-state index >= 15 is 0 Å². The second kappa shape index (κ2) is 12.3. The van der Waals surface area contributed by atoms with E-state index < -0.39 is 0 Å². The van der Waals surface area contributed by atoms with Crippen LogP contribution in [0.1, 0.15) is 6.92 Å². The molecule has 0 aromatic heterocycles. The van der Waals surface area contributed by atoms with Gasteiger partial charge in [0.15, 0.2) is 0 Å². The first-order valence-electron chi connectivity index (χ1n) is 9.85. The molecule has 1 saturated carbocycles. The Kier molecular flexibility index (Phi) is 9.72. The van der Waals surface area contributed by atoms with Crippen LogP contribution in [-0.2, 0) is 18.9 Å². The topological polar surface area (TPSA) is 61.0 Å². The molecule has 0 bridgehead atoms. The quantitative estimate of drug-likeness (QED) is 0.255. The summed E-state index contributed by atoms with van der Waals surface area (Å²) >= 11 is 0. The van der Waals surface area contributed by atoms with Crippen molar-refractivity contribution in [3.05, 3.63) is 60.4 Å². The molecule has 6 nitrogen and oxygen atoms in total. The van der Waals surface area contributed by atoms with Gasteiger partial charge >= 0.3 is 0 Å². The molecule has 0 spiro atoms. The number of hydrogen-bond donors (Lipinski definition) is 2. The number of rotatable bonds is 15. The summed E-state index contributed by atoms with van der Waals surface area (Å²) in [7, 11) is 3.38. The molecule has 0 aliphatic heterocycles. The zero-order valence-corrected chi connectivity index (χ0v) is 17.3. The molecule has 0 aromatic carbocycles. The standard InChI is InChI=1S/C22H34N2O4/c1-5-6-7-18(25-3)16-23-10-12-27-14-15-28-13-11-24-20-9-8-19-17(2)21(19)22(20)26-4/h5-9,16-17,19,21,23-24H,1,10-15H2,2-4H3/b7-6-,18-16-/t17?,19?,21-/m1/s1. The highest BCUT2D eigenvalue weighted by Gasteiger charge is 2.50. The van der Waals surface area contributed by atoms with Gasteiger partial charge in [-0.1, -0.05) is 31.7 Å². The predicted octanol–water partition coefficient (Wildman–Crippen LogP) is 2.74. The lowest BCUT2D eigenvalue weighted by atomic mass is 10.1. The average Bonchev–Trinajstić information content (AvgIpc) is 3.38. The Labute approximate surface area is 168 Å². The lowest BCUT2D eigenvalue weighted by molar-refractivity contribution is 0.0511. The Morgan fingerprint density at radius 1 is 1.14 bits per heavy atom. The van der Waals surface area contributed by atoms with Crippen molar-refractivity contribution >= 4 is 0 Å². The summed E-state index contributed by atoms with van der Waals surface area (Å²) in [6, 6.07) is 0. The molecule has 0 aromatic rings. The lowest BCUT2D eigenvalue weighted by Crippen LogP contribution is -2.23. The van der Waals surface area contributed by atoms with Crippen LogP contribution in [-0.4, -0.2) is 53.7 Å². The normalized spacial score (nSPS) is 23.5. The van der Waals surface area contributed by atoms with Crippen molar-refractivity contribution in [1.82, 2.24) is 10.6 Å². The van der Waals surface area contributed by atoms with E-state index in [-0.39, 0.29) is 0 Å². The second-order valence-corrected chi connectivity index (χ2v) is 6.75. The number of methoxy groups -OCH3 is 2. The molecule has 156 valence electrons. The molecule has 0 saturated heterocycles. The van der Waals surface area contributed by atoms with Gasteiger partial charge in [0.1, 0.15) is 11.5 Å². The molecule has 2 N–H and O–H groups in total. The van der Waals surface area contributed by atoms with E-state index in [4.69, 9.17) is 18.9 Å². The van der Waals surface area contributed by atoms with Gasteiger partial charge in [-0.15, -0.1) is 0 Å². The highest BCUT2D eigenvalue weighted by atomic mass is 16.5. The van der Waals surface area contributed by atoms with Crippen LogP contribution in [0, 0.1) is 17.8 Å². The molecule has 0 radical (unpaired) electrons. The zero-order valence-electron chi connectivity index (χ0n) is 17.3. The van der Waals surface area contributed by atoms with Crippen molar-refractivity contribution in [1.29, 1.82) is 0 Å². The van der Waals surface area contributed by atoms with Crippen molar-refractivity contribution < 1.29 is 18.9 Å². The number of fused-ring (bicyclic) bond motifs is 1. The van der Waals surface area contributed by atoms with Gasteiger partial charge in [0.2, 0.25) is 0 Å². The lowest BCUT2D eigenvalue weighted by Gasteiger charge is -2.16. The highest BCUT2D eigenvalue weighted by Crippen LogP contribution is 2.54. The minimum Gasteiger partial charge on any atom is -0.499 e. The third-order valence-corrected chi connectivity index (χ3v) is 4.92. The van der Waals surface area contributed by atoms with Crippen LogP contribution >= 0.6 is 0 Å². The Balaban J connectivity index is 1.46. The summed E-state index contributed by atoms with van der Waals surface area (Å²) in [6.07, 6.45) is 11.6. The van der Waals surface area contributed by atoms with E-state index in [1.54, 1.807) is 26.5 Å². The molecule has 2 aliphatic carbocycles. The van der Waals surface area contributed by atoms with Crippen molar-refractivity contribution in [3.8, 4) is 0 Å². The summed E-state index contributed by atoms with van der Waals surface area (Å²) in [5.41, 5.74) is 1.09. The molecular weight excluding hydrogens is 356 g/mol. The maximum atomic E-state index is 5.61. The molecule has 2 unspecified atom stereocenters. The van der Waals surface area contributed by atoms with Crippen molar-refractivity contribution in [2.24, 2.45) is 17.8 Å². The van der Waals surface area contributed by atoms with Crippen LogP contribution in [0.25, 0.3) is 0 Å². The van der Waals surface area contributed by atoms with Crippen LogP contribution in [0.15, 0.2) is 60.4 Å². The average molecular weight is 391 g/mol. The Morgan fingerprint density at radius 2 is 1.89 bits per heavy atom. The minimum absolute atomic E-state index is 0.549. The van der Waals surface area contributed by atoms with Crippen LogP contribution in [0.2, 0.25) is 0 Å². The van der Waals surface area contributed by atoms with Crippen LogP contribution in [0.3, 0.4) is 0 Å². The predicted molar refractivity (Wildman–Crippen MR) is 111 cm³/mol. The maximum absolute atomic E-state index is 5.61. The molecule has 2 rings (SSSR count). The number of nitrogens with one attached hydrogen (secondary N) is 2. The third kappa shape index (κ3) is 6.77. The van der Waals surface area contributed by atoms with Crippen LogP contribution in [0.4, 0.5) is 0 Å². The fraction of sp³-hybridized carbons (Fsp3) is 0.545. The maximum Gasteiger partial charge on any atom is 0.134 e. The van der Waals surface area contributed by atoms with Gasteiger partial charge in [-0.3, -0.25) is 0 Å². The Morgan fingerprint density at radius 3 is 2.57 bits per heavy atom. The van der Waals surface area contributed by atoms with Crippen molar-refractivity contribution in [2.75, 3.05) is 53.7 Å². The number of allylic oxidation sites excluding steroid dienone is 6. The summed E-state index contributed by atoms with van der Waals surface area (Å²) in [5, 5.41) is 6.55. The molecule has 0 heterocycles. The van der Waals surface area contributed by atoms with Crippen LogP contribution < -0.4 is 10.6 Å². The molecule has 1 fully saturated rings. The molecule has 6 heteroatoms. The first kappa shape index (κ1) is 22.1. The number of ether oxygens (including phenoxy) is 4. The van der Waals surface area contributed by atoms with E-state index in [2.05, 4.69) is 36.3 Å². The van der Waals surface area contributed by atoms with Gasteiger partial charge in [-0.25, -0.2) is 0 Å². The SMILES string of the molecule is C=C/C=C\C(=C\NCCOCCOCCNC1=C(OC)[C@@H]2C(C)C2C=C1)OC. The van der Waals surface area contributed by atoms with Gasteiger partial charge in [0.05, 0.1) is 46.3 Å². The largest absolute Gasteiger partial charge is 0.499 e. The van der Waals surface area contributed by atoms with E-state index in [1.807, 2.05) is 12.2 Å². The molecule has 0 amide bonds. The minimum atomic E-state index is 0.549. The zero-order chi connectivity index (χ0) is 20.2. The van der Waals surface area contributed by atoms with E-state index in [9.17, 15) is 0 Å². The van der Waals surface area contributed by atoms with Crippen LogP contribution in [0.5, 0.6) is 0 Å². The fourth-order valence-electron chi connectivity index (χ4n) is 3.29. The summed E-state index contributed by atoms with van der Waals surface area (Å²) in [5.74, 6) is 3.72. The monoisotopic (exact) mass is 390 g/mol. The molecular formula is C22H34N2O4. The van der Waals surface area contributed by atoms with Gasteiger partial charge in [0, 0.05) is 25.2 Å². The summed E-state index contributed by atoms with van der Waals surface area (Å²) in [6.45, 7) is 9.75.